The van der Waals surface area contributed by atoms with Crippen molar-refractivity contribution in [1.82, 2.24) is 0 Å². The van der Waals surface area contributed by atoms with Gasteiger partial charge in [-0.05, 0) is 40.2 Å². The third kappa shape index (κ3) is 2.59. The van der Waals surface area contributed by atoms with Crippen LogP contribution in [0.3, 0.4) is 0 Å². The van der Waals surface area contributed by atoms with Gasteiger partial charge in [0, 0.05) is 6.08 Å². The maximum absolute atomic E-state index is 12.4. The van der Waals surface area contributed by atoms with Gasteiger partial charge < -0.3 is 4.42 Å². The molecule has 1 aromatic heterocycles. The lowest BCUT2D eigenvalue weighted by Crippen LogP contribution is -2.27. The molecule has 100 valence electrons. The molecule has 3 rings (SSSR count). The Morgan fingerprint density at radius 1 is 1.20 bits per heavy atom. The first-order valence-electron chi connectivity index (χ1n) is 5.73. The van der Waals surface area contributed by atoms with E-state index in [9.17, 15) is 4.79 Å². The molecule has 0 spiro atoms. The molecular weight excluding hydrogens is 358 g/mol. The second-order valence-electron chi connectivity index (χ2n) is 3.99. The summed E-state index contributed by atoms with van der Waals surface area (Å²) in [6, 6.07) is 12.9. The van der Waals surface area contributed by atoms with Crippen LogP contribution in [0.4, 0.5) is 5.69 Å². The van der Waals surface area contributed by atoms with Crippen LogP contribution in [0.25, 0.3) is 6.08 Å². The predicted molar refractivity (Wildman–Crippen MR) is 88.5 cm³/mol. The summed E-state index contributed by atoms with van der Waals surface area (Å²) in [5.74, 6) is 0.490. The Morgan fingerprint density at radius 2 is 1.95 bits per heavy atom. The highest BCUT2D eigenvalue weighted by molar-refractivity contribution is 9.10. The Balaban J connectivity index is 1.93. The first-order valence-corrected chi connectivity index (χ1v) is 7.75. The van der Waals surface area contributed by atoms with E-state index in [-0.39, 0.29) is 5.91 Å². The molecular formula is C14H8BrNO2S2. The smallest absolute Gasteiger partial charge is 0.270 e. The van der Waals surface area contributed by atoms with E-state index >= 15 is 0 Å². The Hall–Kier alpha value is -1.37. The number of para-hydroxylation sites is 1. The van der Waals surface area contributed by atoms with Gasteiger partial charge in [-0.1, -0.05) is 42.2 Å². The molecule has 2 heterocycles. The minimum atomic E-state index is -0.126. The van der Waals surface area contributed by atoms with Gasteiger partial charge in [-0.25, -0.2) is 0 Å². The number of rotatable bonds is 2. The molecule has 0 atom stereocenters. The number of hydrogen-bond donors (Lipinski definition) is 0. The molecule has 0 radical (unpaired) electrons. The molecule has 0 aliphatic carbocycles. The molecule has 1 saturated heterocycles. The zero-order valence-electron chi connectivity index (χ0n) is 10.1. The molecule has 1 fully saturated rings. The summed E-state index contributed by atoms with van der Waals surface area (Å²) in [5, 5.41) is 0. The number of anilines is 1. The Bertz CT molecular complexity index is 709. The van der Waals surface area contributed by atoms with Gasteiger partial charge in [-0.15, -0.1) is 0 Å². The fraction of sp³-hybridized carbons (Fsp3) is 0. The minimum Gasteiger partial charge on any atom is -0.450 e. The van der Waals surface area contributed by atoms with Gasteiger partial charge in [-0.2, -0.15) is 0 Å². The van der Waals surface area contributed by atoms with Crippen molar-refractivity contribution >= 4 is 61.9 Å². The lowest BCUT2D eigenvalue weighted by Gasteiger charge is -2.13. The zero-order chi connectivity index (χ0) is 14.1. The number of carbonyl (C=O) groups excluding carboxylic acids is 1. The van der Waals surface area contributed by atoms with Crippen molar-refractivity contribution in [3.05, 3.63) is 57.8 Å². The second kappa shape index (κ2) is 5.55. The molecule has 6 heteroatoms. The van der Waals surface area contributed by atoms with E-state index in [0.29, 0.717) is 19.7 Å². The zero-order valence-corrected chi connectivity index (χ0v) is 13.3. The second-order valence-corrected chi connectivity index (χ2v) is 6.45. The molecule has 1 aliphatic heterocycles. The van der Waals surface area contributed by atoms with Crippen molar-refractivity contribution in [2.24, 2.45) is 0 Å². The highest BCUT2D eigenvalue weighted by atomic mass is 79.9. The standard InChI is InChI=1S/C14H8BrNO2S2/c15-12-7-6-10(18-12)8-11-13(17)16(14(19)20-11)9-4-2-1-3-5-9/h1-8H/b11-8-. The van der Waals surface area contributed by atoms with Crippen molar-refractivity contribution in [3.8, 4) is 0 Å². The van der Waals surface area contributed by atoms with E-state index in [1.54, 1.807) is 18.2 Å². The first kappa shape index (κ1) is 13.6. The molecule has 0 bridgehead atoms. The maximum atomic E-state index is 12.4. The average molecular weight is 366 g/mol. The van der Waals surface area contributed by atoms with Crippen molar-refractivity contribution in [3.63, 3.8) is 0 Å². The van der Waals surface area contributed by atoms with Crippen LogP contribution in [0.2, 0.25) is 0 Å². The number of benzene rings is 1. The van der Waals surface area contributed by atoms with E-state index in [1.807, 2.05) is 30.3 Å². The Morgan fingerprint density at radius 3 is 2.60 bits per heavy atom. The summed E-state index contributed by atoms with van der Waals surface area (Å²) >= 11 is 9.79. The molecule has 0 saturated carbocycles. The van der Waals surface area contributed by atoms with Crippen molar-refractivity contribution < 1.29 is 9.21 Å². The summed E-state index contributed by atoms with van der Waals surface area (Å²) in [7, 11) is 0. The van der Waals surface area contributed by atoms with E-state index < -0.39 is 0 Å². The fourth-order valence-electron chi connectivity index (χ4n) is 1.80. The maximum Gasteiger partial charge on any atom is 0.270 e. The molecule has 1 amide bonds. The van der Waals surface area contributed by atoms with Gasteiger partial charge in [0.15, 0.2) is 8.99 Å². The van der Waals surface area contributed by atoms with Crippen LogP contribution in [0.1, 0.15) is 5.76 Å². The molecule has 1 aromatic carbocycles. The number of furan rings is 1. The topological polar surface area (TPSA) is 33.5 Å². The van der Waals surface area contributed by atoms with E-state index in [2.05, 4.69) is 15.9 Å². The van der Waals surface area contributed by atoms with Gasteiger partial charge in [0.25, 0.3) is 5.91 Å². The quantitative estimate of drug-likeness (QED) is 0.581. The molecule has 20 heavy (non-hydrogen) atoms. The van der Waals surface area contributed by atoms with Crippen LogP contribution in [-0.2, 0) is 4.79 Å². The summed E-state index contributed by atoms with van der Waals surface area (Å²) in [4.78, 5) is 14.5. The Kier molecular flexibility index (Phi) is 3.78. The summed E-state index contributed by atoms with van der Waals surface area (Å²) in [5.41, 5.74) is 0.777. The average Bonchev–Trinajstić information content (AvgIpc) is 2.96. The van der Waals surface area contributed by atoms with Gasteiger partial charge in [-0.3, -0.25) is 9.69 Å². The number of hydrogen-bond acceptors (Lipinski definition) is 4. The molecule has 0 unspecified atom stereocenters. The largest absolute Gasteiger partial charge is 0.450 e. The molecule has 3 nitrogen and oxygen atoms in total. The molecule has 2 aromatic rings. The van der Waals surface area contributed by atoms with Crippen LogP contribution < -0.4 is 4.90 Å². The van der Waals surface area contributed by atoms with Gasteiger partial charge in [0.2, 0.25) is 0 Å². The molecule has 1 aliphatic rings. The summed E-state index contributed by atoms with van der Waals surface area (Å²) in [6.07, 6.45) is 1.70. The van der Waals surface area contributed by atoms with Gasteiger partial charge in [0.1, 0.15) is 5.76 Å². The number of amides is 1. The van der Waals surface area contributed by atoms with E-state index in [0.717, 1.165) is 5.69 Å². The first-order chi connectivity index (χ1) is 9.65. The summed E-state index contributed by atoms with van der Waals surface area (Å²) < 4.78 is 6.54. The van der Waals surface area contributed by atoms with Crippen molar-refractivity contribution in [1.29, 1.82) is 0 Å². The number of thioether (sulfide) groups is 1. The van der Waals surface area contributed by atoms with E-state index in [1.165, 1.54) is 16.7 Å². The van der Waals surface area contributed by atoms with Crippen LogP contribution in [0.15, 0.2) is 56.5 Å². The predicted octanol–water partition coefficient (Wildman–Crippen LogP) is 4.45. The van der Waals surface area contributed by atoms with Gasteiger partial charge >= 0.3 is 0 Å². The van der Waals surface area contributed by atoms with Crippen molar-refractivity contribution in [2.75, 3.05) is 4.90 Å². The highest BCUT2D eigenvalue weighted by Crippen LogP contribution is 2.36. The molecule has 0 N–H and O–H groups in total. The van der Waals surface area contributed by atoms with Crippen LogP contribution in [0.5, 0.6) is 0 Å². The summed E-state index contributed by atoms with van der Waals surface area (Å²) in [6.45, 7) is 0. The Labute approximate surface area is 133 Å². The lowest BCUT2D eigenvalue weighted by molar-refractivity contribution is -0.113. The minimum absolute atomic E-state index is 0.126. The third-order valence-electron chi connectivity index (χ3n) is 2.68. The highest BCUT2D eigenvalue weighted by Gasteiger charge is 2.33. The number of halogens is 1. The van der Waals surface area contributed by atoms with Gasteiger partial charge in [0.05, 0.1) is 10.6 Å². The monoisotopic (exact) mass is 365 g/mol. The fourth-order valence-corrected chi connectivity index (χ4v) is 3.40. The number of carbonyl (C=O) groups is 1. The third-order valence-corrected chi connectivity index (χ3v) is 4.40. The van der Waals surface area contributed by atoms with Crippen molar-refractivity contribution in [2.45, 2.75) is 0 Å². The van der Waals surface area contributed by atoms with Crippen LogP contribution >= 0.6 is 39.9 Å². The van der Waals surface area contributed by atoms with Crippen LogP contribution in [0, 0.1) is 0 Å². The number of thiocarbonyl (C=S) groups is 1. The number of nitrogens with zero attached hydrogens (tertiary/aromatic N) is 1. The lowest BCUT2D eigenvalue weighted by atomic mass is 10.3. The van der Waals surface area contributed by atoms with Crippen LogP contribution in [-0.4, -0.2) is 10.2 Å². The van der Waals surface area contributed by atoms with E-state index in [4.69, 9.17) is 16.6 Å². The normalized spacial score (nSPS) is 17.2. The SMILES string of the molecule is O=C1/C(=C/c2ccc(Br)o2)SC(=S)N1c1ccccc1.